The van der Waals surface area contributed by atoms with Crippen molar-refractivity contribution >= 4 is 11.9 Å². The van der Waals surface area contributed by atoms with Gasteiger partial charge in [0.1, 0.15) is 5.54 Å². The fourth-order valence-corrected chi connectivity index (χ4v) is 2.57. The first-order valence-electron chi connectivity index (χ1n) is 7.03. The van der Waals surface area contributed by atoms with Crippen LogP contribution in [0.1, 0.15) is 29.5 Å². The molecule has 1 aliphatic heterocycles. The van der Waals surface area contributed by atoms with Crippen molar-refractivity contribution in [3.63, 3.8) is 0 Å². The molecule has 6 nitrogen and oxygen atoms in total. The summed E-state index contributed by atoms with van der Waals surface area (Å²) in [6.45, 7) is 5.55. The minimum Gasteiger partial charge on any atom is -0.359 e. The van der Waals surface area contributed by atoms with Crippen molar-refractivity contribution in [2.24, 2.45) is 0 Å². The Morgan fingerprint density at radius 2 is 1.91 bits per heavy atom. The Hall–Kier alpha value is -2.63. The molecule has 2 heterocycles. The van der Waals surface area contributed by atoms with Crippen molar-refractivity contribution in [1.29, 1.82) is 0 Å². The highest BCUT2D eigenvalue weighted by atomic mass is 16.5. The molecule has 1 N–H and O–H groups in total. The number of nitrogens with zero attached hydrogens (tertiary/aromatic N) is 2. The third-order valence-corrected chi connectivity index (χ3v) is 3.89. The number of nitrogens with one attached hydrogen (secondary N) is 1. The lowest BCUT2D eigenvalue weighted by Crippen LogP contribution is -2.40. The van der Waals surface area contributed by atoms with Gasteiger partial charge in [-0.25, -0.2) is 4.79 Å². The lowest BCUT2D eigenvalue weighted by Gasteiger charge is -2.22. The summed E-state index contributed by atoms with van der Waals surface area (Å²) in [5, 5.41) is 6.54. The standard InChI is InChI=1S/C16H17N3O3/c1-10-4-6-12(7-5-10)16(3)14(20)19(15(21)17-16)9-13-8-11(2)18-22-13/h4-8H,9H2,1-3H3,(H,17,21). The van der Waals surface area contributed by atoms with Crippen molar-refractivity contribution in [2.75, 3.05) is 0 Å². The summed E-state index contributed by atoms with van der Waals surface area (Å²) in [6.07, 6.45) is 0. The Kier molecular flexibility index (Phi) is 3.24. The molecular weight excluding hydrogens is 282 g/mol. The molecule has 1 saturated heterocycles. The van der Waals surface area contributed by atoms with Crippen molar-refractivity contribution in [3.05, 3.63) is 52.9 Å². The molecule has 1 aromatic carbocycles. The number of aromatic nitrogens is 1. The third-order valence-electron chi connectivity index (χ3n) is 3.89. The monoisotopic (exact) mass is 299 g/mol. The van der Waals surface area contributed by atoms with Crippen LogP contribution in [0, 0.1) is 13.8 Å². The number of rotatable bonds is 3. The van der Waals surface area contributed by atoms with Gasteiger partial charge in [0.25, 0.3) is 5.91 Å². The minimum absolute atomic E-state index is 0.0763. The Morgan fingerprint density at radius 1 is 1.23 bits per heavy atom. The van der Waals surface area contributed by atoms with Crippen LogP contribution in [-0.4, -0.2) is 22.0 Å². The van der Waals surface area contributed by atoms with Gasteiger partial charge in [0.15, 0.2) is 5.76 Å². The van der Waals surface area contributed by atoms with Crippen LogP contribution in [0.4, 0.5) is 4.79 Å². The van der Waals surface area contributed by atoms with Crippen LogP contribution in [0.15, 0.2) is 34.9 Å². The highest BCUT2D eigenvalue weighted by molar-refractivity contribution is 6.07. The zero-order valence-corrected chi connectivity index (χ0v) is 12.7. The number of hydrogen-bond acceptors (Lipinski definition) is 4. The molecule has 2 aromatic rings. The molecule has 0 radical (unpaired) electrons. The molecule has 0 spiro atoms. The van der Waals surface area contributed by atoms with E-state index in [4.69, 9.17) is 4.52 Å². The minimum atomic E-state index is -1.06. The zero-order valence-electron chi connectivity index (χ0n) is 12.7. The van der Waals surface area contributed by atoms with Gasteiger partial charge in [-0.15, -0.1) is 0 Å². The smallest absolute Gasteiger partial charge is 0.325 e. The van der Waals surface area contributed by atoms with Gasteiger partial charge in [0.05, 0.1) is 12.2 Å². The van der Waals surface area contributed by atoms with E-state index in [0.29, 0.717) is 11.5 Å². The molecule has 1 fully saturated rings. The van der Waals surface area contributed by atoms with E-state index in [1.165, 1.54) is 0 Å². The maximum absolute atomic E-state index is 12.7. The zero-order chi connectivity index (χ0) is 15.9. The average molecular weight is 299 g/mol. The van der Waals surface area contributed by atoms with Gasteiger partial charge in [-0.2, -0.15) is 0 Å². The molecule has 114 valence electrons. The molecule has 1 atom stereocenters. The van der Waals surface area contributed by atoms with Crippen molar-refractivity contribution in [2.45, 2.75) is 32.9 Å². The summed E-state index contributed by atoms with van der Waals surface area (Å²) in [5.41, 5.74) is 1.51. The Balaban J connectivity index is 1.88. The largest absolute Gasteiger partial charge is 0.359 e. The Morgan fingerprint density at radius 3 is 2.50 bits per heavy atom. The summed E-state index contributed by atoms with van der Waals surface area (Å²) < 4.78 is 5.09. The van der Waals surface area contributed by atoms with Crippen molar-refractivity contribution in [3.8, 4) is 0 Å². The molecule has 1 aromatic heterocycles. The van der Waals surface area contributed by atoms with Crippen molar-refractivity contribution < 1.29 is 14.1 Å². The molecule has 6 heteroatoms. The lowest BCUT2D eigenvalue weighted by molar-refractivity contribution is -0.131. The highest BCUT2D eigenvalue weighted by Crippen LogP contribution is 2.30. The van der Waals surface area contributed by atoms with Gasteiger partial charge >= 0.3 is 6.03 Å². The first-order valence-corrected chi connectivity index (χ1v) is 7.03. The predicted molar refractivity (Wildman–Crippen MR) is 78.9 cm³/mol. The average Bonchev–Trinajstić information content (AvgIpc) is 2.97. The van der Waals surface area contributed by atoms with Crippen LogP contribution in [0.25, 0.3) is 0 Å². The van der Waals surface area contributed by atoms with Gasteiger partial charge in [0, 0.05) is 6.07 Å². The number of aryl methyl sites for hydroxylation is 2. The number of urea groups is 1. The maximum Gasteiger partial charge on any atom is 0.325 e. The SMILES string of the molecule is Cc1ccc(C2(C)NC(=O)N(Cc3cc(C)no3)C2=O)cc1. The lowest BCUT2D eigenvalue weighted by atomic mass is 9.91. The fourth-order valence-electron chi connectivity index (χ4n) is 2.57. The number of amides is 3. The van der Waals surface area contributed by atoms with E-state index in [2.05, 4.69) is 10.5 Å². The summed E-state index contributed by atoms with van der Waals surface area (Å²) in [6, 6.07) is 8.83. The van der Waals surface area contributed by atoms with E-state index >= 15 is 0 Å². The summed E-state index contributed by atoms with van der Waals surface area (Å²) in [7, 11) is 0. The van der Waals surface area contributed by atoms with Crippen LogP contribution in [-0.2, 0) is 16.9 Å². The quantitative estimate of drug-likeness (QED) is 0.882. The van der Waals surface area contributed by atoms with E-state index in [-0.39, 0.29) is 12.5 Å². The molecule has 1 unspecified atom stereocenters. The van der Waals surface area contributed by atoms with Crippen LogP contribution in [0.3, 0.4) is 0 Å². The van der Waals surface area contributed by atoms with E-state index < -0.39 is 11.6 Å². The number of imide groups is 1. The molecule has 22 heavy (non-hydrogen) atoms. The van der Waals surface area contributed by atoms with Crippen LogP contribution < -0.4 is 5.32 Å². The van der Waals surface area contributed by atoms with Crippen LogP contribution in [0.5, 0.6) is 0 Å². The van der Waals surface area contributed by atoms with Gasteiger partial charge in [0.2, 0.25) is 0 Å². The summed E-state index contributed by atoms with van der Waals surface area (Å²) >= 11 is 0. The second-order valence-electron chi connectivity index (χ2n) is 5.75. The van der Waals surface area contributed by atoms with E-state index in [1.54, 1.807) is 19.9 Å². The third kappa shape index (κ3) is 2.26. The molecule has 3 amide bonds. The number of carbonyl (C=O) groups excluding carboxylic acids is 2. The molecule has 0 bridgehead atoms. The molecular formula is C16H17N3O3. The number of carbonyl (C=O) groups is 2. The topological polar surface area (TPSA) is 75.4 Å². The number of benzene rings is 1. The fraction of sp³-hybridized carbons (Fsp3) is 0.312. The highest BCUT2D eigenvalue weighted by Gasteiger charge is 2.49. The van der Waals surface area contributed by atoms with Gasteiger partial charge in [-0.3, -0.25) is 9.69 Å². The van der Waals surface area contributed by atoms with Crippen molar-refractivity contribution in [1.82, 2.24) is 15.4 Å². The Bertz CT molecular complexity index is 735. The van der Waals surface area contributed by atoms with E-state index in [1.807, 2.05) is 31.2 Å². The van der Waals surface area contributed by atoms with Crippen LogP contribution >= 0.6 is 0 Å². The molecule has 3 rings (SSSR count). The predicted octanol–water partition coefficient (Wildman–Crippen LogP) is 2.26. The second kappa shape index (κ2) is 4.98. The first-order chi connectivity index (χ1) is 10.4. The summed E-state index contributed by atoms with van der Waals surface area (Å²) in [5.74, 6) is 0.185. The van der Waals surface area contributed by atoms with Gasteiger partial charge < -0.3 is 9.84 Å². The van der Waals surface area contributed by atoms with Gasteiger partial charge in [-0.05, 0) is 26.3 Å². The van der Waals surface area contributed by atoms with Crippen LogP contribution in [0.2, 0.25) is 0 Å². The van der Waals surface area contributed by atoms with Gasteiger partial charge in [-0.1, -0.05) is 35.0 Å². The Labute approximate surface area is 128 Å². The molecule has 0 saturated carbocycles. The first kappa shape index (κ1) is 14.3. The van der Waals surface area contributed by atoms with E-state index in [0.717, 1.165) is 16.0 Å². The summed E-state index contributed by atoms with van der Waals surface area (Å²) in [4.78, 5) is 26.1. The number of hydrogen-bond donors (Lipinski definition) is 1. The normalized spacial score (nSPS) is 21.3. The molecule has 0 aliphatic carbocycles. The second-order valence-corrected chi connectivity index (χ2v) is 5.75. The maximum atomic E-state index is 12.7. The van der Waals surface area contributed by atoms with E-state index in [9.17, 15) is 9.59 Å². The molecule has 1 aliphatic rings.